The summed E-state index contributed by atoms with van der Waals surface area (Å²) in [5, 5.41) is 25.0. The molecule has 0 aromatic carbocycles. The Labute approximate surface area is 159 Å². The van der Waals surface area contributed by atoms with Gasteiger partial charge < -0.3 is 15.7 Å². The van der Waals surface area contributed by atoms with E-state index >= 15 is 0 Å². The Balaban J connectivity index is 1.77. The van der Waals surface area contributed by atoms with Gasteiger partial charge in [-0.25, -0.2) is 4.98 Å². The number of hydrogen-bond donors (Lipinski definition) is 3. The molecule has 1 aliphatic rings. The zero-order valence-electron chi connectivity index (χ0n) is 15.2. The fourth-order valence-corrected chi connectivity index (χ4v) is 2.99. The quantitative estimate of drug-likeness (QED) is 0.718. The highest BCUT2D eigenvalue weighted by Crippen LogP contribution is 2.42. The van der Waals surface area contributed by atoms with Crippen molar-refractivity contribution in [2.24, 2.45) is 5.41 Å². The predicted octanol–water partition coefficient (Wildman–Crippen LogP) is 2.95. The lowest BCUT2D eigenvalue weighted by atomic mass is 9.64. The Bertz CT molecular complexity index is 909. The Morgan fingerprint density at radius 3 is 2.71 bits per heavy atom. The highest BCUT2D eigenvalue weighted by atomic mass is 19.4. The molecule has 1 saturated carbocycles. The normalized spacial score (nSPS) is 20.8. The SMILES string of the molecule is CC1(C)[C@H](O)C[C@H]1Nc1nc(NCc2cnccc2C(F)(F)F)ncc1C#N. The Morgan fingerprint density at radius 1 is 1.36 bits per heavy atom. The van der Waals surface area contributed by atoms with Crippen LogP contribution in [0.25, 0.3) is 0 Å². The number of aliphatic hydroxyl groups is 1. The van der Waals surface area contributed by atoms with Gasteiger partial charge in [0.15, 0.2) is 0 Å². The summed E-state index contributed by atoms with van der Waals surface area (Å²) in [6.45, 7) is 3.61. The van der Waals surface area contributed by atoms with E-state index in [0.29, 0.717) is 6.42 Å². The summed E-state index contributed by atoms with van der Waals surface area (Å²) in [5.41, 5.74) is -1.00. The van der Waals surface area contributed by atoms with Crippen molar-refractivity contribution in [2.45, 2.75) is 45.1 Å². The number of nitrogens with one attached hydrogen (secondary N) is 2. The molecule has 2 heterocycles. The maximum atomic E-state index is 13.1. The molecule has 0 radical (unpaired) electrons. The van der Waals surface area contributed by atoms with E-state index in [-0.39, 0.29) is 40.9 Å². The first-order valence-electron chi connectivity index (χ1n) is 8.58. The number of anilines is 2. The van der Waals surface area contributed by atoms with Crippen molar-refractivity contribution in [3.8, 4) is 6.07 Å². The van der Waals surface area contributed by atoms with Crippen molar-refractivity contribution in [3.05, 3.63) is 41.3 Å². The van der Waals surface area contributed by atoms with Crippen LogP contribution in [0.15, 0.2) is 24.7 Å². The Kier molecular flexibility index (Phi) is 5.12. The molecule has 1 fully saturated rings. The molecule has 1 aliphatic carbocycles. The molecule has 0 saturated heterocycles. The zero-order chi connectivity index (χ0) is 20.5. The molecule has 10 heteroatoms. The molecule has 28 heavy (non-hydrogen) atoms. The van der Waals surface area contributed by atoms with Gasteiger partial charge in [-0.15, -0.1) is 0 Å². The van der Waals surface area contributed by atoms with Crippen LogP contribution in [0.5, 0.6) is 0 Å². The molecule has 0 bridgehead atoms. The molecule has 3 N–H and O–H groups in total. The Morgan fingerprint density at radius 2 is 2.11 bits per heavy atom. The number of rotatable bonds is 5. The summed E-state index contributed by atoms with van der Waals surface area (Å²) in [6.07, 6.45) is -0.919. The molecular formula is C18H19F3N6O. The first-order chi connectivity index (χ1) is 13.1. The second-order valence-electron chi connectivity index (χ2n) is 7.22. The van der Waals surface area contributed by atoms with Crippen LogP contribution in [0.2, 0.25) is 0 Å². The van der Waals surface area contributed by atoms with Crippen LogP contribution in [0, 0.1) is 16.7 Å². The van der Waals surface area contributed by atoms with Crippen molar-refractivity contribution < 1.29 is 18.3 Å². The van der Waals surface area contributed by atoms with Gasteiger partial charge in [-0.3, -0.25) is 4.98 Å². The standard InChI is InChI=1S/C18H19F3N6O/c1-17(2)13(5-14(17)28)26-15-10(6-22)8-24-16(27-15)25-9-11-7-23-4-3-12(11)18(19,20)21/h3-4,7-8,13-14,28H,5,9H2,1-2H3,(H2,24,25,26,27)/t13-,14-/m1/s1. The lowest BCUT2D eigenvalue weighted by molar-refractivity contribution is -0.138. The predicted molar refractivity (Wildman–Crippen MR) is 95.1 cm³/mol. The van der Waals surface area contributed by atoms with Crippen molar-refractivity contribution in [3.63, 3.8) is 0 Å². The van der Waals surface area contributed by atoms with Gasteiger partial charge in [0.2, 0.25) is 5.95 Å². The average molecular weight is 392 g/mol. The summed E-state index contributed by atoms with van der Waals surface area (Å²) >= 11 is 0. The summed E-state index contributed by atoms with van der Waals surface area (Å²) < 4.78 is 39.2. The molecule has 0 amide bonds. The maximum absolute atomic E-state index is 13.1. The third kappa shape index (κ3) is 3.84. The van der Waals surface area contributed by atoms with E-state index in [9.17, 15) is 23.5 Å². The summed E-state index contributed by atoms with van der Waals surface area (Å²) in [5.74, 6) is 0.350. The van der Waals surface area contributed by atoms with E-state index in [0.717, 1.165) is 18.5 Å². The van der Waals surface area contributed by atoms with Gasteiger partial charge in [-0.2, -0.15) is 23.4 Å². The van der Waals surface area contributed by atoms with Crippen molar-refractivity contribution >= 4 is 11.8 Å². The highest BCUT2D eigenvalue weighted by molar-refractivity contribution is 5.54. The molecule has 148 valence electrons. The monoisotopic (exact) mass is 392 g/mol. The molecular weight excluding hydrogens is 373 g/mol. The number of aliphatic hydroxyl groups excluding tert-OH is 1. The first kappa shape index (κ1) is 19.8. The minimum absolute atomic E-state index is 0.0410. The van der Waals surface area contributed by atoms with Gasteiger partial charge in [-0.1, -0.05) is 13.8 Å². The number of hydrogen-bond acceptors (Lipinski definition) is 7. The maximum Gasteiger partial charge on any atom is 0.416 e. The third-order valence-corrected chi connectivity index (χ3v) is 5.08. The minimum atomic E-state index is -4.49. The van der Waals surface area contributed by atoms with Gasteiger partial charge in [0, 0.05) is 36.0 Å². The lowest BCUT2D eigenvalue weighted by Crippen LogP contribution is -2.57. The summed E-state index contributed by atoms with van der Waals surface area (Å²) in [6, 6.07) is 2.80. The van der Waals surface area contributed by atoms with Gasteiger partial charge in [-0.05, 0) is 12.5 Å². The molecule has 7 nitrogen and oxygen atoms in total. The van der Waals surface area contributed by atoms with E-state index in [2.05, 4.69) is 25.6 Å². The van der Waals surface area contributed by atoms with Crippen LogP contribution in [-0.2, 0) is 12.7 Å². The van der Waals surface area contributed by atoms with E-state index in [1.54, 1.807) is 0 Å². The number of aromatic nitrogens is 3. The van der Waals surface area contributed by atoms with Crippen molar-refractivity contribution in [2.75, 3.05) is 10.6 Å². The van der Waals surface area contributed by atoms with E-state index < -0.39 is 17.8 Å². The average Bonchev–Trinajstić information content (AvgIpc) is 2.65. The van der Waals surface area contributed by atoms with Crippen molar-refractivity contribution in [1.82, 2.24) is 15.0 Å². The van der Waals surface area contributed by atoms with Gasteiger partial charge in [0.1, 0.15) is 17.5 Å². The lowest BCUT2D eigenvalue weighted by Gasteiger charge is -2.49. The number of nitriles is 1. The van der Waals surface area contributed by atoms with Crippen molar-refractivity contribution in [1.29, 1.82) is 5.26 Å². The highest BCUT2D eigenvalue weighted by Gasteiger charge is 2.47. The van der Waals surface area contributed by atoms with Crippen LogP contribution in [0.4, 0.5) is 24.9 Å². The van der Waals surface area contributed by atoms with E-state index in [4.69, 9.17) is 0 Å². The molecule has 0 aliphatic heterocycles. The van der Waals surface area contributed by atoms with E-state index in [1.807, 2.05) is 19.9 Å². The fourth-order valence-electron chi connectivity index (χ4n) is 2.99. The second-order valence-corrected chi connectivity index (χ2v) is 7.22. The fraction of sp³-hybridized carbons (Fsp3) is 0.444. The summed E-state index contributed by atoms with van der Waals surface area (Å²) in [4.78, 5) is 11.9. The number of pyridine rings is 1. The minimum Gasteiger partial charge on any atom is -0.392 e. The molecule has 0 spiro atoms. The van der Waals surface area contributed by atoms with Crippen LogP contribution < -0.4 is 10.6 Å². The van der Waals surface area contributed by atoms with Crippen LogP contribution in [0.3, 0.4) is 0 Å². The smallest absolute Gasteiger partial charge is 0.392 e. The number of halogens is 3. The zero-order valence-corrected chi connectivity index (χ0v) is 15.2. The molecule has 2 aromatic heterocycles. The summed E-state index contributed by atoms with van der Waals surface area (Å²) in [7, 11) is 0. The largest absolute Gasteiger partial charge is 0.416 e. The van der Waals surface area contributed by atoms with Gasteiger partial charge >= 0.3 is 6.18 Å². The van der Waals surface area contributed by atoms with Crippen LogP contribution >= 0.6 is 0 Å². The number of alkyl halides is 3. The molecule has 2 aromatic rings. The molecule has 2 atom stereocenters. The Hall–Kier alpha value is -2.93. The van der Waals surface area contributed by atoms with Gasteiger partial charge in [0.05, 0.1) is 17.9 Å². The topological polar surface area (TPSA) is 107 Å². The number of nitrogens with zero attached hydrogens (tertiary/aromatic N) is 4. The van der Waals surface area contributed by atoms with Crippen LogP contribution in [-0.4, -0.2) is 32.2 Å². The third-order valence-electron chi connectivity index (χ3n) is 5.08. The first-order valence-corrected chi connectivity index (χ1v) is 8.58. The molecule has 3 rings (SSSR count). The molecule has 0 unspecified atom stereocenters. The van der Waals surface area contributed by atoms with Crippen LogP contribution in [0.1, 0.15) is 37.0 Å². The van der Waals surface area contributed by atoms with E-state index in [1.165, 1.54) is 6.20 Å². The van der Waals surface area contributed by atoms with Gasteiger partial charge in [0.25, 0.3) is 0 Å². The second kappa shape index (κ2) is 7.24.